The molecule has 148 valence electrons. The Morgan fingerprint density at radius 3 is 2.39 bits per heavy atom. The number of hydrogen-bond donors (Lipinski definition) is 2. The average molecular weight is 443 g/mol. The van der Waals surface area contributed by atoms with Crippen LogP contribution in [0.15, 0.2) is 53.0 Å². The maximum atomic E-state index is 10.9. The molecule has 0 aromatic heterocycles. The highest BCUT2D eigenvalue weighted by atomic mass is 79.9. The molecule has 2 aliphatic rings. The Balaban J connectivity index is 1.17. The number of benzene rings is 2. The quantitative estimate of drug-likeness (QED) is 0.662. The molecule has 1 aliphatic carbocycles. The average Bonchev–Trinajstić information content (AvgIpc) is 3.48. The van der Waals surface area contributed by atoms with Gasteiger partial charge in [0.1, 0.15) is 0 Å². The molecule has 1 saturated carbocycles. The second kappa shape index (κ2) is 8.76. The van der Waals surface area contributed by atoms with Gasteiger partial charge >= 0.3 is 5.97 Å². The predicted octanol–water partition coefficient (Wildman–Crippen LogP) is 4.51. The zero-order chi connectivity index (χ0) is 19.5. The van der Waals surface area contributed by atoms with E-state index in [1.54, 1.807) is 12.1 Å². The van der Waals surface area contributed by atoms with Crippen molar-refractivity contribution in [1.29, 1.82) is 0 Å². The molecular weight excluding hydrogens is 416 g/mol. The number of carbonyl (C=O) groups is 1. The van der Waals surface area contributed by atoms with Gasteiger partial charge in [0.2, 0.25) is 0 Å². The van der Waals surface area contributed by atoms with Crippen molar-refractivity contribution in [3.05, 3.63) is 69.7 Å². The molecule has 2 aromatic rings. The molecule has 0 spiro atoms. The van der Waals surface area contributed by atoms with Crippen LogP contribution in [0, 0.1) is 5.92 Å². The number of carboxylic acid groups (broad SMARTS) is 1. The number of carboxylic acids is 1. The Morgan fingerprint density at radius 2 is 1.75 bits per heavy atom. The lowest BCUT2D eigenvalue weighted by molar-refractivity contribution is 0.0697. The first-order chi connectivity index (χ1) is 13.6. The second-order valence-corrected chi connectivity index (χ2v) is 9.05. The Morgan fingerprint density at radius 1 is 1.07 bits per heavy atom. The highest BCUT2D eigenvalue weighted by Gasteiger charge is 2.38. The fourth-order valence-corrected chi connectivity index (χ4v) is 4.44. The smallest absolute Gasteiger partial charge is 0.335 e. The summed E-state index contributed by atoms with van der Waals surface area (Å²) in [6, 6.07) is 16.7. The Labute approximate surface area is 175 Å². The summed E-state index contributed by atoms with van der Waals surface area (Å²) >= 11 is 3.50. The van der Waals surface area contributed by atoms with Crippen LogP contribution in [0.3, 0.4) is 0 Å². The third kappa shape index (κ3) is 5.02. The Kier molecular flexibility index (Phi) is 6.14. The number of piperidine rings is 1. The van der Waals surface area contributed by atoms with Gasteiger partial charge in [0, 0.05) is 23.0 Å². The van der Waals surface area contributed by atoms with E-state index in [0.717, 1.165) is 36.6 Å². The van der Waals surface area contributed by atoms with Crippen LogP contribution in [0.1, 0.15) is 46.7 Å². The first-order valence-corrected chi connectivity index (χ1v) is 10.9. The zero-order valence-corrected chi connectivity index (χ0v) is 17.6. The van der Waals surface area contributed by atoms with Gasteiger partial charge in [-0.1, -0.05) is 40.2 Å². The number of nitrogens with zero attached hydrogens (tertiary/aromatic N) is 1. The first-order valence-electron chi connectivity index (χ1n) is 10.1. The molecule has 4 nitrogen and oxygen atoms in total. The van der Waals surface area contributed by atoms with Crippen molar-refractivity contribution >= 4 is 21.9 Å². The number of likely N-dealkylation sites (tertiary alicyclic amines) is 1. The van der Waals surface area contributed by atoms with E-state index in [2.05, 4.69) is 50.4 Å². The van der Waals surface area contributed by atoms with Gasteiger partial charge in [0.25, 0.3) is 0 Å². The van der Waals surface area contributed by atoms with Crippen LogP contribution in [0.5, 0.6) is 0 Å². The molecule has 4 rings (SSSR count). The van der Waals surface area contributed by atoms with E-state index in [1.807, 2.05) is 12.1 Å². The van der Waals surface area contributed by atoms with Gasteiger partial charge in [-0.3, -0.25) is 4.90 Å². The monoisotopic (exact) mass is 442 g/mol. The molecular formula is C23H27BrN2O2. The number of nitrogens with one attached hydrogen (secondary N) is 1. The number of hydrogen-bond acceptors (Lipinski definition) is 3. The van der Waals surface area contributed by atoms with E-state index >= 15 is 0 Å². The Bertz CT molecular complexity index is 798. The van der Waals surface area contributed by atoms with Gasteiger partial charge < -0.3 is 10.4 Å². The summed E-state index contributed by atoms with van der Waals surface area (Å²) in [6.45, 7) is 4.27. The number of halogens is 1. The summed E-state index contributed by atoms with van der Waals surface area (Å²) < 4.78 is 1.14. The standard InChI is InChI=1S/C23H27BrN2O2/c24-20-7-5-18(6-8-20)21-13-22(21)25-14-16-9-11-26(12-10-16)15-17-1-3-19(4-2-17)23(27)28/h1-8,16,21-22,25H,9-15H2,(H,27,28)/t21-,22+/m0/s1. The van der Waals surface area contributed by atoms with Crippen molar-refractivity contribution in [1.82, 2.24) is 10.2 Å². The van der Waals surface area contributed by atoms with Crippen LogP contribution in [0.2, 0.25) is 0 Å². The third-order valence-corrected chi connectivity index (χ3v) is 6.60. The lowest BCUT2D eigenvalue weighted by Gasteiger charge is -2.32. The first kappa shape index (κ1) is 19.6. The van der Waals surface area contributed by atoms with Crippen molar-refractivity contribution in [3.63, 3.8) is 0 Å². The third-order valence-electron chi connectivity index (χ3n) is 6.07. The van der Waals surface area contributed by atoms with Gasteiger partial charge in [0.15, 0.2) is 0 Å². The molecule has 0 unspecified atom stereocenters. The summed E-state index contributed by atoms with van der Waals surface area (Å²) in [6.07, 6.45) is 3.72. The highest BCUT2D eigenvalue weighted by molar-refractivity contribution is 9.10. The molecule has 2 fully saturated rings. The topological polar surface area (TPSA) is 52.6 Å². The molecule has 0 amide bonds. The normalized spacial score (nSPS) is 22.9. The fourth-order valence-electron chi connectivity index (χ4n) is 4.18. The summed E-state index contributed by atoms with van der Waals surface area (Å²) in [5.74, 6) is 0.580. The molecule has 5 heteroatoms. The van der Waals surface area contributed by atoms with Gasteiger partial charge in [-0.25, -0.2) is 4.79 Å². The van der Waals surface area contributed by atoms with E-state index in [9.17, 15) is 4.79 Å². The molecule has 0 radical (unpaired) electrons. The summed E-state index contributed by atoms with van der Waals surface area (Å²) in [4.78, 5) is 13.4. The summed E-state index contributed by atoms with van der Waals surface area (Å²) in [7, 11) is 0. The second-order valence-electron chi connectivity index (χ2n) is 8.13. The minimum absolute atomic E-state index is 0.357. The molecule has 1 saturated heterocycles. The molecule has 28 heavy (non-hydrogen) atoms. The van der Waals surface area contributed by atoms with Gasteiger partial charge in [-0.05, 0) is 80.2 Å². The molecule has 1 heterocycles. The van der Waals surface area contributed by atoms with Gasteiger partial charge in [-0.2, -0.15) is 0 Å². The molecule has 1 aliphatic heterocycles. The summed E-state index contributed by atoms with van der Waals surface area (Å²) in [5, 5.41) is 12.8. The van der Waals surface area contributed by atoms with Crippen LogP contribution in [-0.4, -0.2) is 41.7 Å². The van der Waals surface area contributed by atoms with Crippen LogP contribution in [0.4, 0.5) is 0 Å². The molecule has 2 aromatic carbocycles. The molecule has 2 atom stereocenters. The Hall–Kier alpha value is -1.69. The fraction of sp³-hybridized carbons (Fsp3) is 0.435. The maximum absolute atomic E-state index is 10.9. The van der Waals surface area contributed by atoms with Crippen LogP contribution in [-0.2, 0) is 6.54 Å². The largest absolute Gasteiger partial charge is 0.478 e. The maximum Gasteiger partial charge on any atom is 0.335 e. The van der Waals surface area contributed by atoms with Crippen molar-refractivity contribution in [2.75, 3.05) is 19.6 Å². The minimum atomic E-state index is -0.863. The van der Waals surface area contributed by atoms with E-state index in [1.165, 1.54) is 30.4 Å². The predicted molar refractivity (Wildman–Crippen MR) is 115 cm³/mol. The SMILES string of the molecule is O=C(O)c1ccc(CN2CCC(CN[C@@H]3C[C@H]3c3ccc(Br)cc3)CC2)cc1. The van der Waals surface area contributed by atoms with Crippen LogP contribution >= 0.6 is 15.9 Å². The lowest BCUT2D eigenvalue weighted by Crippen LogP contribution is -2.37. The number of aromatic carboxylic acids is 1. The van der Waals surface area contributed by atoms with Crippen molar-refractivity contribution in [3.8, 4) is 0 Å². The molecule has 2 N–H and O–H groups in total. The van der Waals surface area contributed by atoms with Gasteiger partial charge in [0.05, 0.1) is 5.56 Å². The zero-order valence-electron chi connectivity index (χ0n) is 16.0. The summed E-state index contributed by atoms with van der Waals surface area (Å²) in [5.41, 5.74) is 3.00. The van der Waals surface area contributed by atoms with E-state index in [4.69, 9.17) is 5.11 Å². The van der Waals surface area contributed by atoms with Crippen molar-refractivity contribution in [2.24, 2.45) is 5.92 Å². The highest BCUT2D eigenvalue weighted by Crippen LogP contribution is 2.41. The van der Waals surface area contributed by atoms with Crippen LogP contribution < -0.4 is 5.32 Å². The van der Waals surface area contributed by atoms with E-state index < -0.39 is 5.97 Å². The lowest BCUT2D eigenvalue weighted by atomic mass is 9.96. The molecule has 0 bridgehead atoms. The van der Waals surface area contributed by atoms with Crippen LogP contribution in [0.25, 0.3) is 0 Å². The minimum Gasteiger partial charge on any atom is -0.478 e. The van der Waals surface area contributed by atoms with Gasteiger partial charge in [-0.15, -0.1) is 0 Å². The van der Waals surface area contributed by atoms with E-state index in [0.29, 0.717) is 17.5 Å². The van der Waals surface area contributed by atoms with Crippen molar-refractivity contribution < 1.29 is 9.90 Å². The number of rotatable bonds is 7. The van der Waals surface area contributed by atoms with Crippen molar-refractivity contribution in [2.45, 2.75) is 37.8 Å². The van der Waals surface area contributed by atoms with E-state index in [-0.39, 0.29) is 0 Å².